The maximum absolute atomic E-state index is 12.4. The van der Waals surface area contributed by atoms with Gasteiger partial charge in [-0.1, -0.05) is 17.7 Å². The highest BCUT2D eigenvalue weighted by Gasteiger charge is 2.12. The third-order valence-electron chi connectivity index (χ3n) is 4.31. The first kappa shape index (κ1) is 20.8. The maximum Gasteiger partial charge on any atom is 0.228 e. The second-order valence-corrected chi connectivity index (χ2v) is 7.61. The molecule has 4 nitrogen and oxygen atoms in total. The van der Waals surface area contributed by atoms with Crippen LogP contribution in [0.25, 0.3) is 0 Å². The minimum absolute atomic E-state index is 0.143. The Balaban J connectivity index is 1.77. The highest BCUT2D eigenvalue weighted by Crippen LogP contribution is 2.34. The number of hydrogen-bond acceptors (Lipinski definition) is 4. The van der Waals surface area contributed by atoms with Crippen LogP contribution >= 0.6 is 24.2 Å². The lowest BCUT2D eigenvalue weighted by Gasteiger charge is -2.14. The van der Waals surface area contributed by atoms with Gasteiger partial charge >= 0.3 is 0 Å². The first-order valence-electron chi connectivity index (χ1n) is 8.92. The van der Waals surface area contributed by atoms with E-state index in [1.54, 1.807) is 42.5 Å². The van der Waals surface area contributed by atoms with Gasteiger partial charge in [-0.15, -0.1) is 12.6 Å². The van der Waals surface area contributed by atoms with Crippen molar-refractivity contribution in [3.05, 3.63) is 81.9 Å². The standard InChI is InChI=1S/C23H19ClN2O2S/c1-14-9-17(13-25)10-15(2)23(14)28-21-11-16(3-8-20(21)24)12-22(27)26-18-4-6-19(29)7-5-18/h3-11,29H,12H2,1-2H3,(H,26,27). The number of nitriles is 1. The van der Waals surface area contributed by atoms with Crippen molar-refractivity contribution in [2.24, 2.45) is 0 Å². The smallest absolute Gasteiger partial charge is 0.228 e. The van der Waals surface area contributed by atoms with Gasteiger partial charge in [0.25, 0.3) is 0 Å². The minimum Gasteiger partial charge on any atom is -0.455 e. The molecule has 0 heterocycles. The molecule has 1 amide bonds. The number of amides is 1. The van der Waals surface area contributed by atoms with Crippen molar-refractivity contribution in [3.8, 4) is 17.6 Å². The molecule has 1 N–H and O–H groups in total. The fourth-order valence-corrected chi connectivity index (χ4v) is 3.26. The molecule has 146 valence electrons. The molecule has 0 saturated carbocycles. The van der Waals surface area contributed by atoms with Crippen LogP contribution in [0, 0.1) is 25.2 Å². The van der Waals surface area contributed by atoms with Gasteiger partial charge in [0.2, 0.25) is 5.91 Å². The first-order valence-corrected chi connectivity index (χ1v) is 9.74. The van der Waals surface area contributed by atoms with Crippen molar-refractivity contribution in [2.45, 2.75) is 25.2 Å². The van der Waals surface area contributed by atoms with Gasteiger partial charge in [-0.2, -0.15) is 5.26 Å². The number of aryl methyl sites for hydroxylation is 2. The molecule has 3 aromatic carbocycles. The molecule has 0 aliphatic heterocycles. The molecule has 0 fully saturated rings. The number of nitrogens with one attached hydrogen (secondary N) is 1. The topological polar surface area (TPSA) is 62.1 Å². The summed E-state index contributed by atoms with van der Waals surface area (Å²) in [7, 11) is 0. The van der Waals surface area contributed by atoms with E-state index in [-0.39, 0.29) is 12.3 Å². The van der Waals surface area contributed by atoms with Crippen LogP contribution in [-0.4, -0.2) is 5.91 Å². The Morgan fingerprint density at radius 1 is 1.10 bits per heavy atom. The van der Waals surface area contributed by atoms with Crippen LogP contribution in [0.1, 0.15) is 22.3 Å². The third-order valence-corrected chi connectivity index (χ3v) is 4.92. The fourth-order valence-electron chi connectivity index (χ4n) is 2.96. The second-order valence-electron chi connectivity index (χ2n) is 6.69. The molecular weight excluding hydrogens is 404 g/mol. The molecule has 0 saturated heterocycles. The summed E-state index contributed by atoms with van der Waals surface area (Å²) in [6, 6.07) is 18.2. The highest BCUT2D eigenvalue weighted by atomic mass is 35.5. The quantitative estimate of drug-likeness (QED) is 0.489. The monoisotopic (exact) mass is 422 g/mol. The van der Waals surface area contributed by atoms with Crippen molar-refractivity contribution in [1.82, 2.24) is 0 Å². The van der Waals surface area contributed by atoms with E-state index in [9.17, 15) is 4.79 Å². The molecule has 0 aliphatic rings. The zero-order valence-electron chi connectivity index (χ0n) is 16.0. The van der Waals surface area contributed by atoms with Crippen LogP contribution in [0.2, 0.25) is 5.02 Å². The minimum atomic E-state index is -0.143. The van der Waals surface area contributed by atoms with Gasteiger partial charge in [0.1, 0.15) is 11.5 Å². The molecule has 3 rings (SSSR count). The Hall–Kier alpha value is -2.94. The zero-order chi connectivity index (χ0) is 21.0. The second kappa shape index (κ2) is 9.04. The number of nitrogens with zero attached hydrogens (tertiary/aromatic N) is 1. The van der Waals surface area contributed by atoms with Crippen molar-refractivity contribution >= 4 is 35.8 Å². The number of thiol groups is 1. The number of benzene rings is 3. The molecule has 0 unspecified atom stereocenters. The van der Waals surface area contributed by atoms with E-state index < -0.39 is 0 Å². The lowest BCUT2D eigenvalue weighted by atomic mass is 10.1. The summed E-state index contributed by atoms with van der Waals surface area (Å²) in [5, 5.41) is 12.4. The Morgan fingerprint density at radius 3 is 2.38 bits per heavy atom. The highest BCUT2D eigenvalue weighted by molar-refractivity contribution is 7.80. The van der Waals surface area contributed by atoms with Crippen LogP contribution < -0.4 is 10.1 Å². The number of halogens is 1. The van der Waals surface area contributed by atoms with Crippen LogP contribution in [0.4, 0.5) is 5.69 Å². The van der Waals surface area contributed by atoms with E-state index in [0.717, 1.165) is 21.6 Å². The molecule has 0 aliphatic carbocycles. The maximum atomic E-state index is 12.4. The summed E-state index contributed by atoms with van der Waals surface area (Å²) in [6.07, 6.45) is 0.182. The SMILES string of the molecule is Cc1cc(C#N)cc(C)c1Oc1cc(CC(=O)Nc2ccc(S)cc2)ccc1Cl. The van der Waals surface area contributed by atoms with Gasteiger partial charge in [-0.3, -0.25) is 4.79 Å². The summed E-state index contributed by atoms with van der Waals surface area (Å²) in [6.45, 7) is 3.76. The summed E-state index contributed by atoms with van der Waals surface area (Å²) < 4.78 is 6.04. The molecule has 0 bridgehead atoms. The van der Waals surface area contributed by atoms with E-state index in [4.69, 9.17) is 21.6 Å². The van der Waals surface area contributed by atoms with Gasteiger partial charge < -0.3 is 10.1 Å². The number of carbonyl (C=O) groups excluding carboxylic acids is 1. The van der Waals surface area contributed by atoms with Crippen molar-refractivity contribution in [2.75, 3.05) is 5.32 Å². The summed E-state index contributed by atoms with van der Waals surface area (Å²) in [4.78, 5) is 13.2. The van der Waals surface area contributed by atoms with E-state index in [1.165, 1.54) is 0 Å². The molecule has 3 aromatic rings. The Bertz CT molecular complexity index is 1080. The first-order chi connectivity index (χ1) is 13.9. The third kappa shape index (κ3) is 5.32. The van der Waals surface area contributed by atoms with Crippen LogP contribution in [0.3, 0.4) is 0 Å². The summed E-state index contributed by atoms with van der Waals surface area (Å²) in [5.74, 6) is 0.975. The van der Waals surface area contributed by atoms with Gasteiger partial charge in [0, 0.05) is 10.6 Å². The van der Waals surface area contributed by atoms with Crippen LogP contribution in [-0.2, 0) is 11.2 Å². The van der Waals surface area contributed by atoms with Crippen molar-refractivity contribution in [3.63, 3.8) is 0 Å². The predicted octanol–water partition coefficient (Wildman–Crippen LogP) is 6.09. The Labute approximate surface area is 180 Å². The lowest BCUT2D eigenvalue weighted by molar-refractivity contribution is -0.115. The average molecular weight is 423 g/mol. The van der Waals surface area contributed by atoms with Crippen LogP contribution in [0.5, 0.6) is 11.5 Å². The molecule has 29 heavy (non-hydrogen) atoms. The number of rotatable bonds is 5. The lowest BCUT2D eigenvalue weighted by Crippen LogP contribution is -2.14. The van der Waals surface area contributed by atoms with Gasteiger partial charge in [0.05, 0.1) is 23.1 Å². The van der Waals surface area contributed by atoms with E-state index in [0.29, 0.717) is 27.8 Å². The molecular formula is C23H19ClN2O2S. The van der Waals surface area contributed by atoms with Crippen molar-refractivity contribution in [1.29, 1.82) is 5.26 Å². The fraction of sp³-hybridized carbons (Fsp3) is 0.130. The van der Waals surface area contributed by atoms with E-state index >= 15 is 0 Å². The van der Waals surface area contributed by atoms with Gasteiger partial charge in [-0.05, 0) is 79.1 Å². The molecule has 0 spiro atoms. The van der Waals surface area contributed by atoms with Crippen molar-refractivity contribution < 1.29 is 9.53 Å². The Morgan fingerprint density at radius 2 is 1.76 bits per heavy atom. The number of carbonyl (C=O) groups is 1. The normalized spacial score (nSPS) is 10.3. The van der Waals surface area contributed by atoms with Crippen LogP contribution in [0.15, 0.2) is 59.5 Å². The zero-order valence-corrected chi connectivity index (χ0v) is 17.6. The van der Waals surface area contributed by atoms with E-state index in [1.807, 2.05) is 26.0 Å². The molecule has 0 aromatic heterocycles. The predicted molar refractivity (Wildman–Crippen MR) is 118 cm³/mol. The van der Waals surface area contributed by atoms with E-state index in [2.05, 4.69) is 24.0 Å². The number of ether oxygens (including phenoxy) is 1. The largest absolute Gasteiger partial charge is 0.455 e. The molecule has 0 atom stereocenters. The van der Waals surface area contributed by atoms with Gasteiger partial charge in [-0.25, -0.2) is 0 Å². The summed E-state index contributed by atoms with van der Waals surface area (Å²) in [5.41, 5.74) is 3.75. The number of hydrogen-bond donors (Lipinski definition) is 2. The molecule has 6 heteroatoms. The Kier molecular flexibility index (Phi) is 6.48. The average Bonchev–Trinajstić information content (AvgIpc) is 2.68. The summed E-state index contributed by atoms with van der Waals surface area (Å²) >= 11 is 10.5. The van der Waals surface area contributed by atoms with Gasteiger partial charge in [0.15, 0.2) is 0 Å². The number of anilines is 1. The molecule has 0 radical (unpaired) electrons.